The van der Waals surface area contributed by atoms with Gasteiger partial charge in [0, 0.05) is 25.2 Å². The van der Waals surface area contributed by atoms with Crippen molar-refractivity contribution in [2.45, 2.75) is 25.3 Å². The lowest BCUT2D eigenvalue weighted by atomic mass is 10.3. The molecule has 0 aliphatic heterocycles. The lowest BCUT2D eigenvalue weighted by Gasteiger charge is -2.18. The molecule has 1 N–H and O–H groups in total. The number of nitro groups is 1. The van der Waals surface area contributed by atoms with Gasteiger partial charge in [-0.05, 0) is 18.2 Å². The smallest absolute Gasteiger partial charge is 0.285 e. The number of pyridine rings is 1. The maximum atomic E-state index is 12.7. The van der Waals surface area contributed by atoms with Crippen LogP contribution in [0, 0.1) is 10.1 Å². The molecular weight excluding hydrogens is 386 g/mol. The van der Waals surface area contributed by atoms with Crippen LogP contribution in [0.4, 0.5) is 5.69 Å². The molecule has 0 amide bonds. The summed E-state index contributed by atoms with van der Waals surface area (Å²) in [5.41, 5.74) is 0.424. The molecule has 0 spiro atoms. The Morgan fingerprint density at radius 3 is 2.57 bits per heavy atom. The summed E-state index contributed by atoms with van der Waals surface area (Å²) in [7, 11) is -3.61. The van der Waals surface area contributed by atoms with E-state index in [-0.39, 0.29) is 17.1 Å². The first-order chi connectivity index (χ1) is 13.3. The Morgan fingerprint density at radius 2 is 1.93 bits per heavy atom. The van der Waals surface area contributed by atoms with Crippen molar-refractivity contribution in [3.63, 3.8) is 0 Å². The van der Waals surface area contributed by atoms with Crippen LogP contribution in [-0.2, 0) is 16.6 Å². The summed E-state index contributed by atoms with van der Waals surface area (Å²) in [6.45, 7) is 4.25. The highest BCUT2D eigenvalue weighted by molar-refractivity contribution is 7.89. The van der Waals surface area contributed by atoms with E-state index in [4.69, 9.17) is 0 Å². The molecule has 0 aliphatic carbocycles. The third-order valence-electron chi connectivity index (χ3n) is 4.34. The molecule has 0 radical (unpaired) electrons. The summed E-state index contributed by atoms with van der Waals surface area (Å²) in [4.78, 5) is 29.7. The van der Waals surface area contributed by atoms with Crippen molar-refractivity contribution in [3.8, 4) is 0 Å². The third-order valence-corrected chi connectivity index (χ3v) is 6.39. The van der Waals surface area contributed by atoms with Gasteiger partial charge in [0.1, 0.15) is 5.82 Å². The van der Waals surface area contributed by atoms with Crippen molar-refractivity contribution in [2.75, 3.05) is 13.1 Å². The third kappa shape index (κ3) is 3.66. The number of imidazole rings is 1. The maximum Gasteiger partial charge on any atom is 0.285 e. The van der Waals surface area contributed by atoms with Crippen molar-refractivity contribution in [3.05, 3.63) is 62.8 Å². The Kier molecular flexibility index (Phi) is 5.29. The Bertz CT molecular complexity index is 1190. The SMILES string of the molecule is CCN(CC)S(=O)(=O)c1ccc2nc(Cn3cc([N+](=O)[O-])ccc3=O)[nH]c2c1. The lowest BCUT2D eigenvalue weighted by molar-refractivity contribution is -0.385. The minimum atomic E-state index is -3.61. The molecule has 0 aliphatic rings. The van der Waals surface area contributed by atoms with Crippen LogP contribution in [0.2, 0.25) is 0 Å². The Labute approximate surface area is 160 Å². The highest BCUT2D eigenvalue weighted by atomic mass is 32.2. The second-order valence-electron chi connectivity index (χ2n) is 6.06. The second-order valence-corrected chi connectivity index (χ2v) is 8.00. The molecule has 0 saturated carbocycles. The highest BCUT2D eigenvalue weighted by Gasteiger charge is 2.22. The summed E-state index contributed by atoms with van der Waals surface area (Å²) in [5, 5.41) is 10.9. The number of rotatable bonds is 7. The van der Waals surface area contributed by atoms with Crippen LogP contribution >= 0.6 is 0 Å². The minimum Gasteiger partial charge on any atom is -0.340 e. The van der Waals surface area contributed by atoms with Crippen LogP contribution in [0.5, 0.6) is 0 Å². The molecule has 0 fully saturated rings. The first-order valence-electron chi connectivity index (χ1n) is 8.60. The van der Waals surface area contributed by atoms with Gasteiger partial charge in [-0.2, -0.15) is 4.31 Å². The van der Waals surface area contributed by atoms with E-state index in [1.54, 1.807) is 19.9 Å². The van der Waals surface area contributed by atoms with Crippen molar-refractivity contribution < 1.29 is 13.3 Å². The fourth-order valence-corrected chi connectivity index (χ4v) is 4.39. The number of nitrogens with one attached hydrogen (secondary N) is 1. The normalized spacial score (nSPS) is 12.0. The maximum absolute atomic E-state index is 12.7. The van der Waals surface area contributed by atoms with Gasteiger partial charge in [-0.3, -0.25) is 14.9 Å². The van der Waals surface area contributed by atoms with Crippen molar-refractivity contribution in [1.82, 2.24) is 18.8 Å². The van der Waals surface area contributed by atoms with Gasteiger partial charge in [0.25, 0.3) is 11.2 Å². The quantitative estimate of drug-likeness (QED) is 0.470. The van der Waals surface area contributed by atoms with E-state index in [2.05, 4.69) is 9.97 Å². The van der Waals surface area contributed by atoms with E-state index >= 15 is 0 Å². The first kappa shape index (κ1) is 19.7. The molecule has 10 nitrogen and oxygen atoms in total. The summed E-state index contributed by atoms with van der Waals surface area (Å²) < 4.78 is 27.9. The van der Waals surface area contributed by atoms with Crippen molar-refractivity contribution >= 4 is 26.7 Å². The molecule has 3 aromatic rings. The number of fused-ring (bicyclic) bond motifs is 1. The molecule has 0 unspecified atom stereocenters. The fourth-order valence-electron chi connectivity index (χ4n) is 2.90. The summed E-state index contributed by atoms with van der Waals surface area (Å²) in [6, 6.07) is 6.83. The average Bonchev–Trinajstić information content (AvgIpc) is 3.05. The van der Waals surface area contributed by atoms with Gasteiger partial charge in [-0.25, -0.2) is 13.4 Å². The van der Waals surface area contributed by atoms with Gasteiger partial charge in [0.05, 0.1) is 33.6 Å². The molecule has 2 heterocycles. The number of hydrogen-bond acceptors (Lipinski definition) is 6. The number of aromatic nitrogens is 3. The molecule has 1 aromatic carbocycles. The fraction of sp³-hybridized carbons (Fsp3) is 0.294. The number of benzene rings is 1. The summed E-state index contributed by atoms with van der Waals surface area (Å²) in [6.07, 6.45) is 1.14. The molecule has 148 valence electrons. The van der Waals surface area contributed by atoms with Crippen LogP contribution in [-0.4, -0.2) is 45.3 Å². The zero-order valence-corrected chi connectivity index (χ0v) is 16.1. The van der Waals surface area contributed by atoms with E-state index < -0.39 is 20.5 Å². The zero-order chi connectivity index (χ0) is 20.5. The lowest BCUT2D eigenvalue weighted by Crippen LogP contribution is -2.30. The zero-order valence-electron chi connectivity index (χ0n) is 15.3. The predicted molar refractivity (Wildman–Crippen MR) is 103 cm³/mol. The average molecular weight is 405 g/mol. The van der Waals surface area contributed by atoms with E-state index in [0.717, 1.165) is 18.3 Å². The topological polar surface area (TPSA) is 131 Å². The van der Waals surface area contributed by atoms with Gasteiger partial charge in [-0.1, -0.05) is 13.8 Å². The monoisotopic (exact) mass is 405 g/mol. The van der Waals surface area contributed by atoms with Crippen molar-refractivity contribution in [2.24, 2.45) is 0 Å². The highest BCUT2D eigenvalue weighted by Crippen LogP contribution is 2.21. The van der Waals surface area contributed by atoms with E-state index in [1.165, 1.54) is 21.0 Å². The van der Waals surface area contributed by atoms with E-state index in [9.17, 15) is 23.3 Å². The van der Waals surface area contributed by atoms with Crippen molar-refractivity contribution in [1.29, 1.82) is 0 Å². The predicted octanol–water partition coefficient (Wildman–Crippen LogP) is 1.71. The number of nitrogens with zero attached hydrogens (tertiary/aromatic N) is 4. The minimum absolute atomic E-state index is 0.00663. The molecule has 2 aromatic heterocycles. The number of sulfonamides is 1. The first-order valence-corrected chi connectivity index (χ1v) is 10.0. The molecule has 0 bridgehead atoms. The van der Waals surface area contributed by atoms with Gasteiger partial charge >= 0.3 is 0 Å². The van der Waals surface area contributed by atoms with Crippen LogP contribution in [0.1, 0.15) is 19.7 Å². The second kappa shape index (κ2) is 7.52. The number of hydrogen-bond donors (Lipinski definition) is 1. The standard InChI is InChI=1S/C17H19N5O5S/c1-3-21(4-2)28(26,27)13-6-7-14-15(9-13)19-16(18-14)11-20-10-12(22(24)25)5-8-17(20)23/h5-10H,3-4,11H2,1-2H3,(H,18,19). The van der Waals surface area contributed by atoms with Crippen LogP contribution < -0.4 is 5.56 Å². The van der Waals surface area contributed by atoms with Gasteiger partial charge in [-0.15, -0.1) is 0 Å². The molecule has 0 saturated heterocycles. The Balaban J connectivity index is 1.97. The van der Waals surface area contributed by atoms with E-state index in [0.29, 0.717) is 29.9 Å². The van der Waals surface area contributed by atoms with Crippen LogP contribution in [0.15, 0.2) is 46.2 Å². The van der Waals surface area contributed by atoms with E-state index in [1.807, 2.05) is 0 Å². The molecular formula is C17H19N5O5S. The summed E-state index contributed by atoms with van der Waals surface area (Å²) in [5.74, 6) is 0.384. The number of H-pyrrole nitrogens is 1. The van der Waals surface area contributed by atoms with Crippen LogP contribution in [0.25, 0.3) is 11.0 Å². The molecule has 3 rings (SSSR count). The number of aromatic amines is 1. The largest absolute Gasteiger partial charge is 0.340 e. The Morgan fingerprint density at radius 1 is 1.21 bits per heavy atom. The van der Waals surface area contributed by atoms with Gasteiger partial charge in [0.2, 0.25) is 10.0 Å². The molecule has 28 heavy (non-hydrogen) atoms. The Hall–Kier alpha value is -3.05. The van der Waals surface area contributed by atoms with Gasteiger partial charge < -0.3 is 9.55 Å². The van der Waals surface area contributed by atoms with Gasteiger partial charge in [0.15, 0.2) is 0 Å². The van der Waals surface area contributed by atoms with Crippen LogP contribution in [0.3, 0.4) is 0 Å². The summed E-state index contributed by atoms with van der Waals surface area (Å²) >= 11 is 0. The molecule has 11 heteroatoms. The molecule has 0 atom stereocenters.